The molecule has 0 bridgehead atoms. The zero-order valence-electron chi connectivity index (χ0n) is 32.3. The predicted molar refractivity (Wildman–Crippen MR) is 200 cm³/mol. The second-order valence-corrected chi connectivity index (χ2v) is 11.3. The molecular weight excluding hydrogens is 606 g/mol. The van der Waals surface area contributed by atoms with Crippen LogP contribution in [0, 0.1) is 30.6 Å². The van der Waals surface area contributed by atoms with Gasteiger partial charge in [-0.25, -0.2) is 0 Å². The standard InChI is InChI=1S/C19H28N2O2.C9H17NO2.C5H10O2.2C2H6.C2H2/c1-5-8-15-12-16(11-14(15)6-2)18(20-4)19(23)21-10-7-9-17(21)13(3)22;1-4-6(2)5-7(3)8(11)9(10)12;1-3-5(2)7-4-6;3*1-2/h5-6,8,16-18,20H,2,7,9-12H2,1,3-4H3;6-7H,4-5H2,1-3H3,(H2,10,12);4-5H,3H2,1-2H3;2*1-2H3;1-2H/b8-5-;;;;;. The molecule has 1 heterocycles. The van der Waals surface area contributed by atoms with Crippen molar-refractivity contribution in [3.63, 3.8) is 0 Å². The van der Waals surface area contributed by atoms with Gasteiger partial charge in [-0.2, -0.15) is 0 Å². The summed E-state index contributed by atoms with van der Waals surface area (Å²) in [5, 5.41) is 3.20. The number of primary amides is 1. The number of Topliss-reactive ketones (excluding diaryl/α,β-unsaturated/α-hetero) is 2. The molecule has 0 aromatic carbocycles. The number of amides is 2. The number of rotatable bonds is 14. The fraction of sp³-hybridized carbons (Fsp3) is 0.667. The molecule has 2 rings (SSSR count). The highest BCUT2D eigenvalue weighted by Crippen LogP contribution is 2.36. The Morgan fingerprint density at radius 3 is 1.96 bits per heavy atom. The second kappa shape index (κ2) is 32.1. The summed E-state index contributed by atoms with van der Waals surface area (Å²) in [7, 11) is 1.84. The van der Waals surface area contributed by atoms with Crippen LogP contribution in [0.4, 0.5) is 0 Å². The van der Waals surface area contributed by atoms with E-state index >= 15 is 0 Å². The Bertz CT molecular complexity index is 1020. The van der Waals surface area contributed by atoms with Crippen LogP contribution < -0.4 is 11.1 Å². The quantitative estimate of drug-likeness (QED) is 0.115. The van der Waals surface area contributed by atoms with Gasteiger partial charge >= 0.3 is 0 Å². The molecule has 1 fully saturated rings. The number of carbonyl (C=O) groups excluding carboxylic acids is 5. The highest BCUT2D eigenvalue weighted by Gasteiger charge is 2.39. The fourth-order valence-corrected chi connectivity index (χ4v) is 5.23. The van der Waals surface area contributed by atoms with Gasteiger partial charge < -0.3 is 20.7 Å². The molecule has 3 N–H and O–H groups in total. The smallest absolute Gasteiger partial charge is 0.293 e. The number of ketones is 2. The number of ether oxygens (including phenoxy) is 1. The highest BCUT2D eigenvalue weighted by atomic mass is 16.5. The lowest BCUT2D eigenvalue weighted by molar-refractivity contribution is -0.139. The zero-order chi connectivity index (χ0) is 38.4. The average molecular weight is 676 g/mol. The summed E-state index contributed by atoms with van der Waals surface area (Å²) in [5.74, 6) is -0.626. The molecule has 2 aliphatic rings. The van der Waals surface area contributed by atoms with Crippen LogP contribution in [0.3, 0.4) is 0 Å². The largest absolute Gasteiger partial charge is 0.465 e. The van der Waals surface area contributed by atoms with Gasteiger partial charge in [0.25, 0.3) is 12.4 Å². The number of hydrogen-bond donors (Lipinski definition) is 2. The topological polar surface area (TPSA) is 136 Å². The van der Waals surface area contributed by atoms with Crippen LogP contribution >= 0.6 is 0 Å². The molecule has 1 aliphatic heterocycles. The SMILES string of the molecule is C#C.C=CC1=C(/C=C\C)CC(C(NC)C(=O)N2CCCC2C(C)=O)C1.CC.CC.CCC(C)CC(C)C(=O)C(N)=O.CCC(C)OC=O. The van der Waals surface area contributed by atoms with E-state index in [2.05, 4.69) is 49.4 Å². The van der Waals surface area contributed by atoms with Gasteiger partial charge in [0, 0.05) is 12.5 Å². The van der Waals surface area contributed by atoms with E-state index in [0.717, 1.165) is 44.9 Å². The first-order valence-electron chi connectivity index (χ1n) is 17.5. The Morgan fingerprint density at radius 2 is 1.58 bits per heavy atom. The molecule has 0 saturated carbocycles. The molecule has 0 aromatic heterocycles. The molecule has 1 aliphatic carbocycles. The van der Waals surface area contributed by atoms with E-state index in [9.17, 15) is 24.0 Å². The van der Waals surface area contributed by atoms with Gasteiger partial charge in [-0.1, -0.05) is 86.6 Å². The summed E-state index contributed by atoms with van der Waals surface area (Å²) in [5.41, 5.74) is 7.36. The predicted octanol–water partition coefficient (Wildman–Crippen LogP) is 7.00. The minimum Gasteiger partial charge on any atom is -0.465 e. The number of allylic oxidation sites excluding steroid dienone is 5. The lowest BCUT2D eigenvalue weighted by Gasteiger charge is -2.30. The number of likely N-dealkylation sites (N-methyl/N-ethyl adjacent to an activating group) is 1. The van der Waals surface area contributed by atoms with E-state index in [-0.39, 0.29) is 41.7 Å². The number of hydrogen-bond acceptors (Lipinski definition) is 7. The Balaban J connectivity index is -0.000000325. The van der Waals surface area contributed by atoms with Gasteiger partial charge in [-0.05, 0) is 89.3 Å². The van der Waals surface area contributed by atoms with Gasteiger partial charge in [-0.15, -0.1) is 12.8 Å². The van der Waals surface area contributed by atoms with E-state index in [1.54, 1.807) is 18.7 Å². The number of nitrogens with zero attached hydrogens (tertiary/aromatic N) is 1. The Labute approximate surface area is 293 Å². The lowest BCUT2D eigenvalue weighted by Crippen LogP contribution is -2.51. The summed E-state index contributed by atoms with van der Waals surface area (Å²) in [6, 6.07) is -0.478. The summed E-state index contributed by atoms with van der Waals surface area (Å²) in [6.07, 6.45) is 20.2. The molecule has 6 unspecified atom stereocenters. The normalized spacial score (nSPS) is 18.5. The molecule has 9 nitrogen and oxygen atoms in total. The molecule has 2 amide bonds. The van der Waals surface area contributed by atoms with Gasteiger partial charge in [0.1, 0.15) is 0 Å². The van der Waals surface area contributed by atoms with Gasteiger partial charge in [-0.3, -0.25) is 24.0 Å². The van der Waals surface area contributed by atoms with E-state index in [1.807, 2.05) is 67.7 Å². The van der Waals surface area contributed by atoms with Gasteiger partial charge in [0.05, 0.1) is 18.2 Å². The molecule has 0 aromatic rings. The van der Waals surface area contributed by atoms with Crippen LogP contribution in [0.2, 0.25) is 0 Å². The van der Waals surface area contributed by atoms with Crippen molar-refractivity contribution in [1.82, 2.24) is 10.2 Å². The first kappa shape index (κ1) is 51.3. The van der Waals surface area contributed by atoms with Gasteiger partial charge in [0.15, 0.2) is 5.78 Å². The maximum atomic E-state index is 13.0. The van der Waals surface area contributed by atoms with Gasteiger partial charge in [0.2, 0.25) is 11.7 Å². The van der Waals surface area contributed by atoms with Crippen molar-refractivity contribution in [2.75, 3.05) is 13.6 Å². The average Bonchev–Trinajstić information content (AvgIpc) is 3.76. The van der Waals surface area contributed by atoms with Crippen LogP contribution in [-0.2, 0) is 28.7 Å². The summed E-state index contributed by atoms with van der Waals surface area (Å²) >= 11 is 0. The van der Waals surface area contributed by atoms with E-state index in [1.165, 1.54) is 11.1 Å². The van der Waals surface area contributed by atoms with Crippen molar-refractivity contribution in [2.24, 2.45) is 23.5 Å². The lowest BCUT2D eigenvalue weighted by atomic mass is 9.92. The molecular formula is C39H69N3O6. The Hall–Kier alpha value is -3.51. The summed E-state index contributed by atoms with van der Waals surface area (Å²) in [6.45, 7) is 26.4. The monoisotopic (exact) mass is 676 g/mol. The van der Waals surface area contributed by atoms with Crippen LogP contribution in [0.15, 0.2) is 36.0 Å². The summed E-state index contributed by atoms with van der Waals surface area (Å²) < 4.78 is 4.51. The second-order valence-electron chi connectivity index (χ2n) is 11.3. The third-order valence-corrected chi connectivity index (χ3v) is 8.05. The van der Waals surface area contributed by atoms with Crippen molar-refractivity contribution >= 4 is 29.9 Å². The van der Waals surface area contributed by atoms with Crippen LogP contribution in [-0.4, -0.2) is 66.5 Å². The third-order valence-electron chi connectivity index (χ3n) is 8.05. The minimum absolute atomic E-state index is 0.0698. The Morgan fingerprint density at radius 1 is 1.04 bits per heavy atom. The van der Waals surface area contributed by atoms with E-state index in [0.29, 0.717) is 18.9 Å². The molecule has 0 spiro atoms. The maximum absolute atomic E-state index is 13.0. The van der Waals surface area contributed by atoms with E-state index in [4.69, 9.17) is 5.73 Å². The van der Waals surface area contributed by atoms with Crippen molar-refractivity contribution in [2.45, 2.75) is 139 Å². The van der Waals surface area contributed by atoms with Crippen molar-refractivity contribution in [3.05, 3.63) is 36.0 Å². The fourth-order valence-electron chi connectivity index (χ4n) is 5.23. The Kier molecular flexibility index (Phi) is 34.3. The molecule has 48 heavy (non-hydrogen) atoms. The van der Waals surface area contributed by atoms with Crippen molar-refractivity contribution in [1.29, 1.82) is 0 Å². The molecule has 276 valence electrons. The van der Waals surface area contributed by atoms with Crippen LogP contribution in [0.5, 0.6) is 0 Å². The number of nitrogens with two attached hydrogens (primary N) is 1. The number of terminal acetylenes is 1. The number of carbonyl (C=O) groups is 5. The first-order valence-corrected chi connectivity index (χ1v) is 17.5. The maximum Gasteiger partial charge on any atom is 0.293 e. The minimum atomic E-state index is -0.814. The number of nitrogens with one attached hydrogen (secondary N) is 1. The third kappa shape index (κ3) is 20.0. The molecule has 6 atom stereocenters. The van der Waals surface area contributed by atoms with Crippen LogP contribution in [0.1, 0.15) is 121 Å². The van der Waals surface area contributed by atoms with Crippen molar-refractivity contribution < 1.29 is 28.7 Å². The van der Waals surface area contributed by atoms with Crippen molar-refractivity contribution in [3.8, 4) is 12.8 Å². The summed E-state index contributed by atoms with van der Waals surface area (Å²) in [4.78, 5) is 57.6. The highest BCUT2D eigenvalue weighted by molar-refractivity contribution is 6.36. The van der Waals surface area contributed by atoms with Crippen LogP contribution in [0.25, 0.3) is 0 Å². The first-order chi connectivity index (χ1) is 22.8. The molecule has 9 heteroatoms. The zero-order valence-corrected chi connectivity index (χ0v) is 32.3. The molecule has 1 saturated heterocycles. The molecule has 0 radical (unpaired) electrons. The van der Waals surface area contributed by atoms with E-state index < -0.39 is 11.7 Å². The number of likely N-dealkylation sites (tertiary alicyclic amines) is 1.